The maximum Gasteiger partial charge on any atom is 0.152 e. The molecule has 0 spiro atoms. The van der Waals surface area contributed by atoms with Crippen LogP contribution in [0.25, 0.3) is 11.0 Å². The third-order valence-corrected chi connectivity index (χ3v) is 3.31. The summed E-state index contributed by atoms with van der Waals surface area (Å²) in [4.78, 5) is 8.73. The van der Waals surface area contributed by atoms with Gasteiger partial charge in [0.15, 0.2) is 5.82 Å². The minimum Gasteiger partial charge on any atom is -0.506 e. The predicted octanol–water partition coefficient (Wildman–Crippen LogP) is 3.68. The quantitative estimate of drug-likeness (QED) is 0.730. The van der Waals surface area contributed by atoms with Crippen molar-refractivity contribution in [3.8, 4) is 5.75 Å². The highest BCUT2D eigenvalue weighted by Gasteiger charge is 2.05. The van der Waals surface area contributed by atoms with Crippen LogP contribution in [0.5, 0.6) is 5.75 Å². The Morgan fingerprint density at radius 2 is 2.05 bits per heavy atom. The van der Waals surface area contributed by atoms with E-state index in [1.165, 1.54) is 6.07 Å². The van der Waals surface area contributed by atoms with E-state index < -0.39 is 0 Å². The number of aryl methyl sites for hydroxylation is 1. The molecule has 0 atom stereocenters. The monoisotopic (exact) mass is 285 g/mol. The summed E-state index contributed by atoms with van der Waals surface area (Å²) in [6, 6.07) is 12.6. The van der Waals surface area contributed by atoms with E-state index in [0.29, 0.717) is 16.5 Å². The standard InChI is InChI=1S/C15H12ClN3O/c1-19-13-5-3-2-4-11(13)18-15(19)9-17-12-8-10(16)6-7-14(12)20/h2-9,20H,1H3. The van der Waals surface area contributed by atoms with Crippen LogP contribution in [0.3, 0.4) is 0 Å². The second kappa shape index (κ2) is 4.98. The molecule has 0 aliphatic carbocycles. The number of halogens is 1. The van der Waals surface area contributed by atoms with Crippen LogP contribution in [-0.4, -0.2) is 20.9 Å². The number of hydrogen-bond donors (Lipinski definition) is 1. The number of fused-ring (bicyclic) bond motifs is 1. The molecular formula is C15H12ClN3O. The van der Waals surface area contributed by atoms with Gasteiger partial charge in [-0.25, -0.2) is 9.98 Å². The van der Waals surface area contributed by atoms with Crippen LogP contribution in [-0.2, 0) is 7.05 Å². The van der Waals surface area contributed by atoms with Gasteiger partial charge in [-0.1, -0.05) is 23.7 Å². The smallest absolute Gasteiger partial charge is 0.152 e. The zero-order chi connectivity index (χ0) is 14.1. The van der Waals surface area contributed by atoms with Gasteiger partial charge < -0.3 is 9.67 Å². The lowest BCUT2D eigenvalue weighted by molar-refractivity contribution is 0.477. The molecule has 0 amide bonds. The number of rotatable bonds is 2. The Labute approximate surface area is 121 Å². The highest BCUT2D eigenvalue weighted by atomic mass is 35.5. The van der Waals surface area contributed by atoms with E-state index in [0.717, 1.165) is 11.0 Å². The molecule has 5 heteroatoms. The van der Waals surface area contributed by atoms with Gasteiger partial charge in [-0.05, 0) is 30.3 Å². The van der Waals surface area contributed by atoms with Crippen LogP contribution in [0.4, 0.5) is 5.69 Å². The van der Waals surface area contributed by atoms with Gasteiger partial charge in [0.1, 0.15) is 11.4 Å². The Morgan fingerprint density at radius 3 is 2.85 bits per heavy atom. The van der Waals surface area contributed by atoms with Crippen LogP contribution >= 0.6 is 11.6 Å². The highest BCUT2D eigenvalue weighted by Crippen LogP contribution is 2.29. The van der Waals surface area contributed by atoms with Crippen LogP contribution in [0.1, 0.15) is 5.82 Å². The molecule has 0 saturated carbocycles. The van der Waals surface area contributed by atoms with E-state index in [-0.39, 0.29) is 5.75 Å². The summed E-state index contributed by atoms with van der Waals surface area (Å²) in [6.07, 6.45) is 1.62. The molecule has 0 fully saturated rings. The number of para-hydroxylation sites is 2. The van der Waals surface area contributed by atoms with E-state index in [9.17, 15) is 5.11 Å². The van der Waals surface area contributed by atoms with E-state index >= 15 is 0 Å². The Kier molecular flexibility index (Phi) is 3.16. The lowest BCUT2D eigenvalue weighted by atomic mass is 10.3. The second-order valence-corrected chi connectivity index (χ2v) is 4.85. The lowest BCUT2D eigenvalue weighted by Gasteiger charge is -1.99. The summed E-state index contributed by atoms with van der Waals surface area (Å²) in [7, 11) is 1.93. The molecule has 3 aromatic rings. The normalized spacial score (nSPS) is 11.5. The van der Waals surface area contributed by atoms with Crippen molar-refractivity contribution in [3.05, 3.63) is 53.3 Å². The van der Waals surface area contributed by atoms with Crippen LogP contribution in [0.15, 0.2) is 47.5 Å². The number of phenolic OH excluding ortho intramolecular Hbond substituents is 1. The average Bonchev–Trinajstić information content (AvgIpc) is 2.77. The molecular weight excluding hydrogens is 274 g/mol. The zero-order valence-electron chi connectivity index (χ0n) is 10.8. The van der Waals surface area contributed by atoms with Gasteiger partial charge in [0.2, 0.25) is 0 Å². The van der Waals surface area contributed by atoms with E-state index in [1.807, 2.05) is 35.9 Å². The average molecular weight is 286 g/mol. The van der Waals surface area contributed by atoms with E-state index in [2.05, 4.69) is 9.98 Å². The molecule has 1 aromatic heterocycles. The Balaban J connectivity index is 2.02. The highest BCUT2D eigenvalue weighted by molar-refractivity contribution is 6.30. The number of nitrogens with zero attached hydrogens (tertiary/aromatic N) is 3. The van der Waals surface area contributed by atoms with Gasteiger partial charge in [0.25, 0.3) is 0 Å². The van der Waals surface area contributed by atoms with Crippen molar-refractivity contribution in [2.45, 2.75) is 0 Å². The molecule has 0 aliphatic rings. The molecule has 0 unspecified atom stereocenters. The minimum atomic E-state index is 0.0874. The molecule has 100 valence electrons. The number of aromatic nitrogens is 2. The molecule has 0 radical (unpaired) electrons. The molecule has 1 N–H and O–H groups in total. The Bertz CT molecular complexity index is 808. The number of benzene rings is 2. The molecule has 2 aromatic carbocycles. The van der Waals surface area contributed by atoms with Gasteiger partial charge >= 0.3 is 0 Å². The van der Waals surface area contributed by atoms with Crippen molar-refractivity contribution >= 4 is 34.5 Å². The van der Waals surface area contributed by atoms with Crippen molar-refractivity contribution in [3.63, 3.8) is 0 Å². The van der Waals surface area contributed by atoms with Gasteiger partial charge in [-0.15, -0.1) is 0 Å². The third-order valence-electron chi connectivity index (χ3n) is 3.08. The first kappa shape index (κ1) is 12.7. The van der Waals surface area contributed by atoms with Gasteiger partial charge in [-0.3, -0.25) is 0 Å². The van der Waals surface area contributed by atoms with E-state index in [4.69, 9.17) is 11.6 Å². The summed E-state index contributed by atoms with van der Waals surface area (Å²) < 4.78 is 1.94. The molecule has 20 heavy (non-hydrogen) atoms. The Hall–Kier alpha value is -2.33. The van der Waals surface area contributed by atoms with Gasteiger partial charge in [-0.2, -0.15) is 0 Å². The molecule has 0 saturated heterocycles. The summed E-state index contributed by atoms with van der Waals surface area (Å²) in [6.45, 7) is 0. The first-order valence-corrected chi connectivity index (χ1v) is 6.47. The maximum atomic E-state index is 9.72. The second-order valence-electron chi connectivity index (χ2n) is 4.41. The summed E-state index contributed by atoms with van der Waals surface area (Å²) in [5.74, 6) is 0.801. The SMILES string of the molecule is Cn1c(C=Nc2cc(Cl)ccc2O)nc2ccccc21. The van der Waals surface area contributed by atoms with Gasteiger partial charge in [0.05, 0.1) is 17.2 Å². The largest absolute Gasteiger partial charge is 0.506 e. The fraction of sp³-hybridized carbons (Fsp3) is 0.0667. The maximum absolute atomic E-state index is 9.72. The fourth-order valence-electron chi connectivity index (χ4n) is 2.01. The molecule has 3 rings (SSSR count). The number of imidazole rings is 1. The Morgan fingerprint density at radius 1 is 1.25 bits per heavy atom. The van der Waals surface area contributed by atoms with Crippen LogP contribution in [0.2, 0.25) is 5.02 Å². The molecule has 1 heterocycles. The van der Waals surface area contributed by atoms with Crippen LogP contribution in [0, 0.1) is 0 Å². The molecule has 0 aliphatic heterocycles. The fourth-order valence-corrected chi connectivity index (χ4v) is 2.17. The summed E-state index contributed by atoms with van der Waals surface area (Å²) in [5.41, 5.74) is 2.36. The van der Waals surface area contributed by atoms with E-state index in [1.54, 1.807) is 18.3 Å². The van der Waals surface area contributed by atoms with Crippen LogP contribution < -0.4 is 0 Å². The molecule has 0 bridgehead atoms. The van der Waals surface area contributed by atoms with Crippen molar-refractivity contribution < 1.29 is 5.11 Å². The minimum absolute atomic E-state index is 0.0874. The number of phenols is 1. The van der Waals surface area contributed by atoms with Crippen molar-refractivity contribution in [2.24, 2.45) is 12.0 Å². The number of aromatic hydroxyl groups is 1. The third kappa shape index (κ3) is 2.26. The van der Waals surface area contributed by atoms with Crippen molar-refractivity contribution in [1.82, 2.24) is 9.55 Å². The predicted molar refractivity (Wildman–Crippen MR) is 81.1 cm³/mol. The summed E-state index contributed by atoms with van der Waals surface area (Å²) in [5, 5.41) is 10.3. The first-order valence-electron chi connectivity index (χ1n) is 6.09. The summed E-state index contributed by atoms with van der Waals surface area (Å²) >= 11 is 5.89. The molecule has 4 nitrogen and oxygen atoms in total. The van der Waals surface area contributed by atoms with Gasteiger partial charge in [0, 0.05) is 12.1 Å². The topological polar surface area (TPSA) is 50.4 Å². The lowest BCUT2D eigenvalue weighted by Crippen LogP contribution is -1.95. The zero-order valence-corrected chi connectivity index (χ0v) is 11.5. The number of aliphatic imine (C=N–C) groups is 1. The number of hydrogen-bond acceptors (Lipinski definition) is 3. The van der Waals surface area contributed by atoms with Crippen molar-refractivity contribution in [1.29, 1.82) is 0 Å². The first-order chi connectivity index (χ1) is 9.65. The van der Waals surface area contributed by atoms with Crippen molar-refractivity contribution in [2.75, 3.05) is 0 Å².